The van der Waals surface area contributed by atoms with E-state index in [9.17, 15) is 13.2 Å². The maximum absolute atomic E-state index is 12.9. The van der Waals surface area contributed by atoms with E-state index in [1.54, 1.807) is 0 Å². The number of hydrogen-bond acceptors (Lipinski definition) is 1. The third kappa shape index (κ3) is 2.62. The Morgan fingerprint density at radius 2 is 1.86 bits per heavy atom. The van der Waals surface area contributed by atoms with Crippen molar-refractivity contribution < 1.29 is 13.2 Å². The summed E-state index contributed by atoms with van der Waals surface area (Å²) in [5.41, 5.74) is 5.54. The number of halogens is 4. The third-order valence-corrected chi connectivity index (χ3v) is 1.94. The lowest BCUT2D eigenvalue weighted by Gasteiger charge is -2.13. The molecule has 14 heavy (non-hydrogen) atoms. The number of alkyl halides is 2. The first kappa shape index (κ1) is 13.3. The standard InChI is InChI=1S/C9H10F3N.ClH/c1-5-6(8(13)9(11)12)3-2-4-7(5)10;/h2-4,8-9H,13H2,1H3;1H/t8-;/m0./s1. The van der Waals surface area contributed by atoms with Gasteiger partial charge in [-0.3, -0.25) is 0 Å². The lowest BCUT2D eigenvalue weighted by Crippen LogP contribution is -2.20. The van der Waals surface area contributed by atoms with E-state index in [1.807, 2.05) is 0 Å². The molecule has 0 amide bonds. The normalized spacial score (nSPS) is 12.4. The lowest BCUT2D eigenvalue weighted by atomic mass is 10.0. The van der Waals surface area contributed by atoms with Gasteiger partial charge in [0.05, 0.1) is 6.04 Å². The molecule has 80 valence electrons. The van der Waals surface area contributed by atoms with Crippen molar-refractivity contribution in [3.05, 3.63) is 35.1 Å². The van der Waals surface area contributed by atoms with Crippen molar-refractivity contribution in [2.45, 2.75) is 19.4 Å². The summed E-state index contributed by atoms with van der Waals surface area (Å²) in [4.78, 5) is 0. The van der Waals surface area contributed by atoms with Crippen LogP contribution in [0.4, 0.5) is 13.2 Å². The minimum atomic E-state index is -2.67. The molecule has 0 fully saturated rings. The molecule has 0 radical (unpaired) electrons. The number of rotatable bonds is 2. The van der Waals surface area contributed by atoms with Crippen LogP contribution in [0, 0.1) is 12.7 Å². The molecule has 0 saturated carbocycles. The van der Waals surface area contributed by atoms with E-state index >= 15 is 0 Å². The second kappa shape index (κ2) is 5.22. The van der Waals surface area contributed by atoms with E-state index in [-0.39, 0.29) is 23.5 Å². The lowest BCUT2D eigenvalue weighted by molar-refractivity contribution is 0.116. The van der Waals surface area contributed by atoms with Crippen molar-refractivity contribution in [2.24, 2.45) is 5.73 Å². The molecule has 1 atom stereocenters. The quantitative estimate of drug-likeness (QED) is 0.823. The molecular formula is C9H11ClF3N. The van der Waals surface area contributed by atoms with Crippen molar-refractivity contribution in [3.8, 4) is 0 Å². The highest BCUT2D eigenvalue weighted by Crippen LogP contribution is 2.22. The maximum atomic E-state index is 12.9. The van der Waals surface area contributed by atoms with Gasteiger partial charge in [-0.1, -0.05) is 12.1 Å². The average molecular weight is 226 g/mol. The van der Waals surface area contributed by atoms with Crippen molar-refractivity contribution in [3.63, 3.8) is 0 Å². The van der Waals surface area contributed by atoms with Gasteiger partial charge < -0.3 is 5.73 Å². The second-order valence-electron chi connectivity index (χ2n) is 2.81. The van der Waals surface area contributed by atoms with Crippen molar-refractivity contribution in [1.82, 2.24) is 0 Å². The molecule has 5 heteroatoms. The zero-order valence-corrected chi connectivity index (χ0v) is 8.32. The Morgan fingerprint density at radius 3 is 2.36 bits per heavy atom. The topological polar surface area (TPSA) is 26.0 Å². The zero-order chi connectivity index (χ0) is 10.0. The van der Waals surface area contributed by atoms with Crippen molar-refractivity contribution in [1.29, 1.82) is 0 Å². The first-order valence-corrected chi connectivity index (χ1v) is 3.82. The van der Waals surface area contributed by atoms with Crippen LogP contribution in [0.3, 0.4) is 0 Å². The van der Waals surface area contributed by atoms with Gasteiger partial charge in [0, 0.05) is 0 Å². The Labute approximate surface area is 86.5 Å². The summed E-state index contributed by atoms with van der Waals surface area (Å²) >= 11 is 0. The first-order chi connectivity index (χ1) is 6.04. The van der Waals surface area contributed by atoms with Crippen LogP contribution in [-0.4, -0.2) is 6.43 Å². The number of benzene rings is 1. The predicted octanol–water partition coefficient (Wildman–Crippen LogP) is 2.82. The monoisotopic (exact) mass is 225 g/mol. The molecular weight excluding hydrogens is 215 g/mol. The summed E-state index contributed by atoms with van der Waals surface area (Å²) in [6.07, 6.45) is -2.67. The van der Waals surface area contributed by atoms with E-state index in [0.29, 0.717) is 0 Å². The Kier molecular flexibility index (Phi) is 4.94. The average Bonchev–Trinajstić information content (AvgIpc) is 2.08. The Morgan fingerprint density at radius 1 is 1.29 bits per heavy atom. The molecule has 0 aromatic heterocycles. The highest BCUT2D eigenvalue weighted by molar-refractivity contribution is 5.85. The smallest absolute Gasteiger partial charge is 0.257 e. The van der Waals surface area contributed by atoms with Crippen LogP contribution in [0.1, 0.15) is 17.2 Å². The summed E-state index contributed by atoms with van der Waals surface area (Å²) in [5.74, 6) is -0.506. The fourth-order valence-corrected chi connectivity index (χ4v) is 1.12. The van der Waals surface area contributed by atoms with Crippen LogP contribution in [0.15, 0.2) is 18.2 Å². The molecule has 0 aliphatic rings. The molecule has 0 spiro atoms. The Balaban J connectivity index is 0.00000169. The van der Waals surface area contributed by atoms with Gasteiger partial charge in [0.2, 0.25) is 0 Å². The third-order valence-electron chi connectivity index (χ3n) is 1.94. The van der Waals surface area contributed by atoms with Gasteiger partial charge in [0.1, 0.15) is 5.82 Å². The highest BCUT2D eigenvalue weighted by atomic mass is 35.5. The summed E-state index contributed by atoms with van der Waals surface area (Å²) < 4.78 is 37.3. The van der Waals surface area contributed by atoms with Gasteiger partial charge in [0.25, 0.3) is 6.43 Å². The fraction of sp³-hybridized carbons (Fsp3) is 0.333. The number of hydrogen-bond donors (Lipinski definition) is 1. The summed E-state index contributed by atoms with van der Waals surface area (Å²) in [5, 5.41) is 0. The maximum Gasteiger partial charge on any atom is 0.257 e. The molecule has 0 heterocycles. The molecule has 0 aliphatic carbocycles. The molecule has 1 aromatic rings. The Hall–Kier alpha value is -0.740. The van der Waals surface area contributed by atoms with E-state index < -0.39 is 18.3 Å². The fourth-order valence-electron chi connectivity index (χ4n) is 1.12. The predicted molar refractivity (Wildman–Crippen MR) is 51.3 cm³/mol. The van der Waals surface area contributed by atoms with Crippen LogP contribution in [0.5, 0.6) is 0 Å². The van der Waals surface area contributed by atoms with Crippen LogP contribution in [-0.2, 0) is 0 Å². The van der Waals surface area contributed by atoms with Crippen molar-refractivity contribution in [2.75, 3.05) is 0 Å². The van der Waals surface area contributed by atoms with Crippen LogP contribution >= 0.6 is 12.4 Å². The first-order valence-electron chi connectivity index (χ1n) is 3.82. The van der Waals surface area contributed by atoms with Crippen molar-refractivity contribution >= 4 is 12.4 Å². The Bertz CT molecular complexity index is 304. The van der Waals surface area contributed by atoms with Gasteiger partial charge in [-0.2, -0.15) is 0 Å². The highest BCUT2D eigenvalue weighted by Gasteiger charge is 2.20. The van der Waals surface area contributed by atoms with E-state index in [2.05, 4.69) is 0 Å². The van der Waals surface area contributed by atoms with Gasteiger partial charge in [0.15, 0.2) is 0 Å². The molecule has 0 bridgehead atoms. The molecule has 0 saturated heterocycles. The van der Waals surface area contributed by atoms with Gasteiger partial charge in [-0.15, -0.1) is 12.4 Å². The van der Waals surface area contributed by atoms with Gasteiger partial charge in [-0.05, 0) is 24.1 Å². The minimum Gasteiger partial charge on any atom is -0.319 e. The SMILES string of the molecule is Cc1c(F)cccc1[C@H](N)C(F)F.Cl. The van der Waals surface area contributed by atoms with E-state index in [4.69, 9.17) is 5.73 Å². The van der Waals surface area contributed by atoms with E-state index in [1.165, 1.54) is 25.1 Å². The summed E-state index contributed by atoms with van der Waals surface area (Å²) in [6, 6.07) is 2.60. The minimum absolute atomic E-state index is 0. The second-order valence-corrected chi connectivity index (χ2v) is 2.81. The summed E-state index contributed by atoms with van der Waals surface area (Å²) in [6.45, 7) is 1.44. The summed E-state index contributed by atoms with van der Waals surface area (Å²) in [7, 11) is 0. The molecule has 1 aromatic carbocycles. The van der Waals surface area contributed by atoms with Crippen LogP contribution in [0.25, 0.3) is 0 Å². The molecule has 1 rings (SSSR count). The van der Waals surface area contributed by atoms with Gasteiger partial charge >= 0.3 is 0 Å². The van der Waals surface area contributed by atoms with Gasteiger partial charge in [-0.25, -0.2) is 13.2 Å². The molecule has 2 N–H and O–H groups in total. The molecule has 0 aliphatic heterocycles. The molecule has 1 nitrogen and oxygen atoms in total. The zero-order valence-electron chi connectivity index (χ0n) is 7.51. The van der Waals surface area contributed by atoms with Crippen LogP contribution < -0.4 is 5.73 Å². The molecule has 0 unspecified atom stereocenters. The van der Waals surface area contributed by atoms with E-state index in [0.717, 1.165) is 0 Å². The number of nitrogens with two attached hydrogens (primary N) is 1. The van der Waals surface area contributed by atoms with Crippen LogP contribution in [0.2, 0.25) is 0 Å². The largest absolute Gasteiger partial charge is 0.319 e.